The molecule has 27 heavy (non-hydrogen) atoms. The molecule has 1 aliphatic heterocycles. The van der Waals surface area contributed by atoms with Gasteiger partial charge in [-0.25, -0.2) is 4.98 Å². The molecule has 0 radical (unpaired) electrons. The third kappa shape index (κ3) is 3.59. The van der Waals surface area contributed by atoms with E-state index in [0.29, 0.717) is 11.5 Å². The van der Waals surface area contributed by atoms with E-state index < -0.39 is 0 Å². The van der Waals surface area contributed by atoms with Crippen LogP contribution in [0.3, 0.4) is 0 Å². The lowest BCUT2D eigenvalue weighted by Gasteiger charge is -2.40. The summed E-state index contributed by atoms with van der Waals surface area (Å²) in [5.74, 6) is 2.20. The molecule has 6 heteroatoms. The van der Waals surface area contributed by atoms with Crippen LogP contribution in [-0.2, 0) is 18.3 Å². The van der Waals surface area contributed by atoms with Crippen LogP contribution in [0.1, 0.15) is 49.7 Å². The molecule has 0 atom stereocenters. The highest BCUT2D eigenvalue weighted by Gasteiger charge is 2.29. The first-order chi connectivity index (χ1) is 12.9. The Morgan fingerprint density at radius 1 is 1.22 bits per heavy atom. The molecular formula is C21H26N6. The monoisotopic (exact) mass is 362 g/mol. The zero-order chi connectivity index (χ0) is 19.0. The minimum Gasteiger partial charge on any atom is -0.369 e. The Kier molecular flexibility index (Phi) is 4.47. The molecule has 0 unspecified atom stereocenters. The predicted molar refractivity (Wildman–Crippen MR) is 106 cm³/mol. The van der Waals surface area contributed by atoms with E-state index >= 15 is 0 Å². The number of nitrogens with one attached hydrogen (secondary N) is 1. The maximum absolute atomic E-state index is 9.40. The summed E-state index contributed by atoms with van der Waals surface area (Å²) in [6.45, 7) is 9.15. The summed E-state index contributed by atoms with van der Waals surface area (Å²) in [5, 5.41) is 21.6. The van der Waals surface area contributed by atoms with Crippen molar-refractivity contribution >= 4 is 11.6 Å². The molecule has 4 rings (SSSR count). The van der Waals surface area contributed by atoms with Crippen molar-refractivity contribution in [1.29, 1.82) is 5.26 Å². The minimum absolute atomic E-state index is 0.0221. The lowest BCUT2D eigenvalue weighted by atomic mass is 9.92. The molecule has 0 saturated carbocycles. The van der Waals surface area contributed by atoms with Gasteiger partial charge in [-0.15, -0.1) is 5.10 Å². The first-order valence-corrected chi connectivity index (χ1v) is 9.70. The zero-order valence-electron chi connectivity index (χ0n) is 16.3. The molecule has 3 heterocycles. The summed E-state index contributed by atoms with van der Waals surface area (Å²) >= 11 is 0. The molecule has 140 valence electrons. The molecular weight excluding hydrogens is 336 g/mol. The van der Waals surface area contributed by atoms with Crippen molar-refractivity contribution < 1.29 is 0 Å². The van der Waals surface area contributed by atoms with Crippen LogP contribution < -0.4 is 10.2 Å². The van der Waals surface area contributed by atoms with Gasteiger partial charge >= 0.3 is 0 Å². The van der Waals surface area contributed by atoms with Crippen molar-refractivity contribution in [2.45, 2.75) is 45.4 Å². The van der Waals surface area contributed by atoms with Crippen molar-refractivity contribution in [1.82, 2.24) is 15.2 Å². The summed E-state index contributed by atoms with van der Waals surface area (Å²) in [4.78, 5) is 6.94. The lowest BCUT2D eigenvalue weighted by Crippen LogP contribution is -2.50. The van der Waals surface area contributed by atoms with Gasteiger partial charge in [0.05, 0.1) is 11.3 Å². The molecule has 2 aliphatic rings. The molecule has 0 bridgehead atoms. The number of rotatable bonds is 4. The van der Waals surface area contributed by atoms with E-state index in [0.717, 1.165) is 61.9 Å². The maximum Gasteiger partial charge on any atom is 0.151 e. The molecule has 0 spiro atoms. The second-order valence-corrected chi connectivity index (χ2v) is 8.63. The fourth-order valence-electron chi connectivity index (χ4n) is 3.71. The Morgan fingerprint density at radius 2 is 2.04 bits per heavy atom. The van der Waals surface area contributed by atoms with Crippen molar-refractivity contribution in [3.8, 4) is 6.07 Å². The van der Waals surface area contributed by atoms with Gasteiger partial charge in [0.25, 0.3) is 0 Å². The summed E-state index contributed by atoms with van der Waals surface area (Å²) in [7, 11) is 0. The van der Waals surface area contributed by atoms with Crippen LogP contribution in [0.15, 0.2) is 18.2 Å². The number of anilines is 2. The van der Waals surface area contributed by atoms with Gasteiger partial charge in [0.2, 0.25) is 0 Å². The van der Waals surface area contributed by atoms with Crippen LogP contribution >= 0.6 is 0 Å². The summed E-state index contributed by atoms with van der Waals surface area (Å²) in [6, 6.07) is 8.43. The molecule has 2 aromatic heterocycles. The van der Waals surface area contributed by atoms with Crippen molar-refractivity contribution in [2.24, 2.45) is 5.92 Å². The average molecular weight is 362 g/mol. The third-order valence-electron chi connectivity index (χ3n) is 5.43. The van der Waals surface area contributed by atoms with E-state index in [1.165, 1.54) is 5.56 Å². The van der Waals surface area contributed by atoms with Gasteiger partial charge in [-0.3, -0.25) is 0 Å². The first-order valence-electron chi connectivity index (χ1n) is 9.70. The summed E-state index contributed by atoms with van der Waals surface area (Å²) < 4.78 is 0. The fraction of sp³-hybridized carbons (Fsp3) is 0.524. The number of fused-ring (bicyclic) bond motifs is 1. The van der Waals surface area contributed by atoms with Gasteiger partial charge in [0.1, 0.15) is 11.9 Å². The molecule has 0 amide bonds. The van der Waals surface area contributed by atoms with E-state index in [1.54, 1.807) is 0 Å². The normalized spacial score (nSPS) is 16.6. The molecule has 6 nitrogen and oxygen atoms in total. The van der Waals surface area contributed by atoms with E-state index in [4.69, 9.17) is 4.98 Å². The lowest BCUT2D eigenvalue weighted by molar-refractivity contribution is 0.424. The number of aryl methyl sites for hydroxylation is 2. The van der Waals surface area contributed by atoms with Crippen LogP contribution in [0.4, 0.5) is 11.6 Å². The van der Waals surface area contributed by atoms with Gasteiger partial charge in [-0.2, -0.15) is 10.4 Å². The van der Waals surface area contributed by atoms with Crippen molar-refractivity contribution in [3.05, 3.63) is 40.7 Å². The SMILES string of the molecule is CC(C)(C)c1ccc(N2CC(CNc3nc4c(cc3C#N)CCC4)C2)nn1. The zero-order valence-corrected chi connectivity index (χ0v) is 16.3. The molecule has 2 aromatic rings. The molecule has 1 aliphatic carbocycles. The minimum atomic E-state index is 0.0221. The largest absolute Gasteiger partial charge is 0.369 e. The molecule has 1 N–H and O–H groups in total. The highest BCUT2D eigenvalue weighted by Crippen LogP contribution is 2.27. The highest BCUT2D eigenvalue weighted by molar-refractivity contribution is 5.55. The van der Waals surface area contributed by atoms with E-state index in [1.807, 2.05) is 6.07 Å². The number of hydrogen-bond acceptors (Lipinski definition) is 6. The highest BCUT2D eigenvalue weighted by atomic mass is 15.3. The van der Waals surface area contributed by atoms with Gasteiger partial charge in [0.15, 0.2) is 5.82 Å². The van der Waals surface area contributed by atoms with Crippen LogP contribution in [0.25, 0.3) is 0 Å². The van der Waals surface area contributed by atoms with Crippen LogP contribution in [-0.4, -0.2) is 34.8 Å². The Labute approximate surface area is 160 Å². The predicted octanol–water partition coefficient (Wildman–Crippen LogP) is 3.08. The number of aromatic nitrogens is 3. The van der Waals surface area contributed by atoms with Gasteiger partial charge in [0, 0.05) is 36.7 Å². The Morgan fingerprint density at radius 3 is 2.70 bits per heavy atom. The van der Waals surface area contributed by atoms with Gasteiger partial charge in [-0.05, 0) is 43.0 Å². The van der Waals surface area contributed by atoms with Crippen molar-refractivity contribution in [3.63, 3.8) is 0 Å². The number of hydrogen-bond donors (Lipinski definition) is 1. The second kappa shape index (κ2) is 6.80. The van der Waals surface area contributed by atoms with Crippen LogP contribution in [0.5, 0.6) is 0 Å². The van der Waals surface area contributed by atoms with Gasteiger partial charge < -0.3 is 10.2 Å². The molecule has 0 aromatic carbocycles. The third-order valence-corrected chi connectivity index (χ3v) is 5.43. The average Bonchev–Trinajstić information content (AvgIpc) is 3.06. The topological polar surface area (TPSA) is 77.7 Å². The standard InChI is InChI=1S/C21H26N6/c1-21(2,3)18-7-8-19(26-25-18)27-12-14(13-27)11-23-20-16(10-22)9-15-5-4-6-17(15)24-20/h7-9,14H,4-6,11-13H2,1-3H3,(H,23,24). The van der Waals surface area contributed by atoms with E-state index in [-0.39, 0.29) is 5.41 Å². The van der Waals surface area contributed by atoms with Gasteiger partial charge in [-0.1, -0.05) is 20.8 Å². The molecule has 1 fully saturated rings. The van der Waals surface area contributed by atoms with Crippen LogP contribution in [0, 0.1) is 17.2 Å². The second-order valence-electron chi connectivity index (χ2n) is 8.63. The van der Waals surface area contributed by atoms with E-state index in [2.05, 4.69) is 59.4 Å². The number of nitriles is 1. The Hall–Kier alpha value is -2.68. The quantitative estimate of drug-likeness (QED) is 0.901. The number of pyridine rings is 1. The fourth-order valence-corrected chi connectivity index (χ4v) is 3.71. The maximum atomic E-state index is 9.40. The van der Waals surface area contributed by atoms with Crippen molar-refractivity contribution in [2.75, 3.05) is 29.9 Å². The number of nitrogens with zero attached hydrogens (tertiary/aromatic N) is 5. The Balaban J connectivity index is 1.33. The smallest absolute Gasteiger partial charge is 0.151 e. The van der Waals surface area contributed by atoms with Crippen LogP contribution in [0.2, 0.25) is 0 Å². The Bertz CT molecular complexity index is 869. The summed E-state index contributed by atoms with van der Waals surface area (Å²) in [6.07, 6.45) is 3.21. The van der Waals surface area contributed by atoms with E-state index in [9.17, 15) is 5.26 Å². The first kappa shape index (κ1) is 17.7. The molecule has 1 saturated heterocycles. The summed E-state index contributed by atoms with van der Waals surface area (Å²) in [5.41, 5.74) is 4.09.